The van der Waals surface area contributed by atoms with E-state index in [0.29, 0.717) is 35.3 Å². The molecule has 1 atom stereocenters. The Hall–Kier alpha value is -3.15. The van der Waals surface area contributed by atoms with Crippen LogP contribution in [0.5, 0.6) is 0 Å². The number of sulfonamides is 1. The van der Waals surface area contributed by atoms with Gasteiger partial charge in [0.15, 0.2) is 11.4 Å². The molecule has 0 radical (unpaired) electrons. The molecule has 0 aliphatic carbocycles. The Morgan fingerprint density at radius 3 is 2.54 bits per heavy atom. The average Bonchev–Trinajstić information content (AvgIpc) is 3.56. The van der Waals surface area contributed by atoms with Gasteiger partial charge in [0.25, 0.3) is 0 Å². The molecule has 0 saturated heterocycles. The number of hydrogen-bond acceptors (Lipinski definition) is 8. The number of aromatic nitrogens is 4. The first kappa shape index (κ1) is 26.9. The Labute approximate surface area is 221 Å². The van der Waals surface area contributed by atoms with E-state index in [1.54, 1.807) is 34.2 Å². The van der Waals surface area contributed by atoms with Crippen LogP contribution in [-0.4, -0.2) is 71.1 Å². The molecule has 0 N–H and O–H groups in total. The summed E-state index contributed by atoms with van der Waals surface area (Å²) in [7, 11) is -2.16. The van der Waals surface area contributed by atoms with Gasteiger partial charge in [0.05, 0.1) is 34.3 Å². The normalized spacial score (nSPS) is 12.8. The van der Waals surface area contributed by atoms with Crippen molar-refractivity contribution in [1.82, 2.24) is 24.5 Å². The minimum absolute atomic E-state index is 0.0606. The van der Waals surface area contributed by atoms with Crippen molar-refractivity contribution in [2.75, 3.05) is 30.7 Å². The van der Waals surface area contributed by atoms with Crippen LogP contribution in [0.15, 0.2) is 48.1 Å². The molecule has 0 aliphatic heterocycles. The van der Waals surface area contributed by atoms with Gasteiger partial charge in [-0.1, -0.05) is 19.9 Å². The lowest BCUT2D eigenvalue weighted by molar-refractivity contribution is 0.0964. The third-order valence-electron chi connectivity index (χ3n) is 6.60. The Morgan fingerprint density at radius 2 is 1.89 bits per heavy atom. The molecule has 4 aromatic rings. The van der Waals surface area contributed by atoms with Crippen LogP contribution >= 0.6 is 11.3 Å². The second-order valence-corrected chi connectivity index (χ2v) is 11.9. The van der Waals surface area contributed by atoms with Gasteiger partial charge >= 0.3 is 0 Å². The number of carbonyl (C=O) groups is 1. The Kier molecular flexibility index (Phi) is 8.05. The molecule has 196 valence electrons. The quantitative estimate of drug-likeness (QED) is 0.256. The Balaban J connectivity index is 1.76. The van der Waals surface area contributed by atoms with E-state index in [-0.39, 0.29) is 17.6 Å². The third-order valence-corrected chi connectivity index (χ3v) is 8.67. The summed E-state index contributed by atoms with van der Waals surface area (Å²) in [5.74, 6) is 0.114. The molecule has 0 amide bonds. The van der Waals surface area contributed by atoms with Crippen molar-refractivity contribution in [3.05, 3.63) is 53.7 Å². The van der Waals surface area contributed by atoms with Crippen LogP contribution in [0.4, 0.5) is 5.82 Å². The number of hydrogen-bond donors (Lipinski definition) is 0. The SMILES string of the molecule is CCN(CC)[C@@H](C)CCC(=O)c1cc(-c2cnn3ccc(-c4cccs4)nc23)nc(N(C)S(C)(=O)=O)c1. The molecule has 0 fully saturated rings. The lowest BCUT2D eigenvalue weighted by Gasteiger charge is -2.26. The molecule has 4 heterocycles. The average molecular weight is 541 g/mol. The first-order valence-corrected chi connectivity index (χ1v) is 15.0. The molecule has 9 nitrogen and oxygen atoms in total. The highest BCUT2D eigenvalue weighted by molar-refractivity contribution is 7.92. The van der Waals surface area contributed by atoms with E-state index in [1.807, 2.05) is 29.8 Å². The van der Waals surface area contributed by atoms with Crippen LogP contribution in [0, 0.1) is 0 Å². The van der Waals surface area contributed by atoms with Crippen molar-refractivity contribution in [2.24, 2.45) is 0 Å². The van der Waals surface area contributed by atoms with Crippen molar-refractivity contribution in [2.45, 2.75) is 39.7 Å². The van der Waals surface area contributed by atoms with Crippen LogP contribution in [0.25, 0.3) is 27.5 Å². The minimum atomic E-state index is -3.59. The molecule has 0 aromatic carbocycles. The maximum Gasteiger partial charge on any atom is 0.233 e. The van der Waals surface area contributed by atoms with Gasteiger partial charge in [-0.3, -0.25) is 9.10 Å². The molecular formula is C26H32N6O3S2. The maximum absolute atomic E-state index is 13.3. The van der Waals surface area contributed by atoms with E-state index in [9.17, 15) is 13.2 Å². The van der Waals surface area contributed by atoms with Crippen LogP contribution in [0.2, 0.25) is 0 Å². The molecule has 0 bridgehead atoms. The summed E-state index contributed by atoms with van der Waals surface area (Å²) in [6.45, 7) is 8.18. The van der Waals surface area contributed by atoms with Gasteiger partial charge in [-0.15, -0.1) is 11.3 Å². The molecule has 0 saturated carbocycles. The van der Waals surface area contributed by atoms with E-state index >= 15 is 0 Å². The zero-order chi connectivity index (χ0) is 26.7. The number of Topliss-reactive ketones (excluding diaryl/α,β-unsaturated/α-hetero) is 1. The van der Waals surface area contributed by atoms with Gasteiger partial charge in [0, 0.05) is 31.3 Å². The predicted molar refractivity (Wildman–Crippen MR) is 149 cm³/mol. The van der Waals surface area contributed by atoms with Crippen LogP contribution in [0.3, 0.4) is 0 Å². The number of nitrogens with zero attached hydrogens (tertiary/aromatic N) is 6. The fourth-order valence-electron chi connectivity index (χ4n) is 4.27. The largest absolute Gasteiger partial charge is 0.301 e. The summed E-state index contributed by atoms with van der Waals surface area (Å²) in [5.41, 5.74) is 2.85. The number of thiophene rings is 1. The topological polar surface area (TPSA) is 101 Å². The van der Waals surface area contributed by atoms with Gasteiger partial charge in [0.1, 0.15) is 5.82 Å². The molecule has 4 rings (SSSR count). The van der Waals surface area contributed by atoms with E-state index in [2.05, 4.69) is 35.8 Å². The monoisotopic (exact) mass is 540 g/mol. The number of rotatable bonds is 11. The molecular weight excluding hydrogens is 508 g/mol. The van der Waals surface area contributed by atoms with Crippen molar-refractivity contribution >= 4 is 38.6 Å². The summed E-state index contributed by atoms with van der Waals surface area (Å²) < 4.78 is 27.4. The second-order valence-electron chi connectivity index (χ2n) is 8.98. The fourth-order valence-corrected chi connectivity index (χ4v) is 5.40. The molecule has 37 heavy (non-hydrogen) atoms. The van der Waals surface area contributed by atoms with E-state index in [4.69, 9.17) is 4.98 Å². The van der Waals surface area contributed by atoms with Crippen molar-refractivity contribution < 1.29 is 13.2 Å². The smallest absolute Gasteiger partial charge is 0.233 e. The number of anilines is 1. The summed E-state index contributed by atoms with van der Waals surface area (Å²) in [4.78, 5) is 26.1. The van der Waals surface area contributed by atoms with Crippen LogP contribution in [0.1, 0.15) is 44.0 Å². The molecule has 0 unspecified atom stereocenters. The molecule has 0 aliphatic rings. The van der Waals surface area contributed by atoms with Gasteiger partial charge in [0.2, 0.25) is 10.0 Å². The lowest BCUT2D eigenvalue weighted by Crippen LogP contribution is -2.33. The zero-order valence-corrected chi connectivity index (χ0v) is 23.4. The van der Waals surface area contributed by atoms with Crippen LogP contribution in [-0.2, 0) is 10.0 Å². The van der Waals surface area contributed by atoms with E-state index < -0.39 is 10.0 Å². The summed E-state index contributed by atoms with van der Waals surface area (Å²) >= 11 is 1.59. The fraction of sp³-hybridized carbons (Fsp3) is 0.385. The van der Waals surface area contributed by atoms with Crippen LogP contribution < -0.4 is 4.31 Å². The highest BCUT2D eigenvalue weighted by Crippen LogP contribution is 2.29. The molecule has 11 heteroatoms. The van der Waals surface area contributed by atoms with Gasteiger partial charge in [-0.25, -0.2) is 22.9 Å². The predicted octanol–water partition coefficient (Wildman–Crippen LogP) is 4.61. The highest BCUT2D eigenvalue weighted by Gasteiger charge is 2.21. The number of carbonyl (C=O) groups excluding carboxylic acids is 1. The van der Waals surface area contributed by atoms with E-state index in [0.717, 1.165) is 34.2 Å². The Morgan fingerprint density at radius 1 is 1.14 bits per heavy atom. The third kappa shape index (κ3) is 5.89. The lowest BCUT2D eigenvalue weighted by atomic mass is 10.0. The van der Waals surface area contributed by atoms with E-state index in [1.165, 1.54) is 7.05 Å². The first-order valence-electron chi connectivity index (χ1n) is 12.2. The number of ketones is 1. The van der Waals surface area contributed by atoms with Gasteiger partial charge in [-0.05, 0) is 56.1 Å². The second kappa shape index (κ2) is 11.1. The standard InChI is InChI=1S/C26H32N6O3S2/c1-6-31(7-2)18(3)10-11-23(33)19-15-22(28-25(16-19)30(4)37(5,34)35)20-17-27-32-13-12-21(29-26(20)32)24-9-8-14-36-24/h8-9,12-18H,6-7,10-11H2,1-5H3/t18-/m0/s1. The van der Waals surface area contributed by atoms with Gasteiger partial charge < -0.3 is 4.90 Å². The summed E-state index contributed by atoms with van der Waals surface area (Å²) in [5, 5.41) is 6.40. The number of pyridine rings is 1. The molecule has 4 aromatic heterocycles. The zero-order valence-electron chi connectivity index (χ0n) is 21.7. The minimum Gasteiger partial charge on any atom is -0.301 e. The first-order chi connectivity index (χ1) is 17.6. The summed E-state index contributed by atoms with van der Waals surface area (Å²) in [6, 6.07) is 9.37. The van der Waals surface area contributed by atoms with Gasteiger partial charge in [-0.2, -0.15) is 5.10 Å². The molecule has 0 spiro atoms. The number of fused-ring (bicyclic) bond motifs is 1. The van der Waals surface area contributed by atoms with Crippen molar-refractivity contribution in [3.63, 3.8) is 0 Å². The maximum atomic E-state index is 13.3. The Bertz CT molecular complexity index is 1490. The highest BCUT2D eigenvalue weighted by atomic mass is 32.2. The van der Waals surface area contributed by atoms with Crippen molar-refractivity contribution in [3.8, 4) is 21.8 Å². The summed E-state index contributed by atoms with van der Waals surface area (Å²) in [6.07, 6.45) is 5.63. The van der Waals surface area contributed by atoms with Crippen molar-refractivity contribution in [1.29, 1.82) is 0 Å².